The van der Waals surface area contributed by atoms with Crippen molar-refractivity contribution in [3.05, 3.63) is 83.9 Å². The van der Waals surface area contributed by atoms with Crippen LogP contribution in [0.15, 0.2) is 72.8 Å². The number of hydrogen-bond acceptors (Lipinski definition) is 5. The Balaban J connectivity index is 1.38. The maximum Gasteiger partial charge on any atom is 0.326 e. The monoisotopic (exact) mass is 516 g/mol. The van der Waals surface area contributed by atoms with E-state index in [1.54, 1.807) is 36.3 Å². The Morgan fingerprint density at radius 3 is 2.24 bits per heavy atom. The fraction of sp³-hybridized carbons (Fsp3) is 0.300. The Bertz CT molecular complexity index is 1270. The summed E-state index contributed by atoms with van der Waals surface area (Å²) in [4.78, 5) is 39.8. The number of nitrogens with zero attached hydrogens (tertiary/aromatic N) is 1. The lowest BCUT2D eigenvalue weighted by molar-refractivity contribution is -0.142. The van der Waals surface area contributed by atoms with Crippen LogP contribution in [0.2, 0.25) is 0 Å². The first-order valence-corrected chi connectivity index (χ1v) is 12.6. The summed E-state index contributed by atoms with van der Waals surface area (Å²) in [5, 5.41) is 12.5. The zero-order chi connectivity index (χ0) is 27.1. The van der Waals surface area contributed by atoms with Crippen molar-refractivity contribution in [1.29, 1.82) is 0 Å². The minimum Gasteiger partial charge on any atom is -0.497 e. The number of carboxylic acid groups (broad SMARTS) is 1. The van der Waals surface area contributed by atoms with Gasteiger partial charge in [-0.1, -0.05) is 48.5 Å². The van der Waals surface area contributed by atoms with Crippen molar-refractivity contribution in [3.8, 4) is 22.6 Å². The number of carbonyl (C=O) groups excluding carboxylic acids is 2. The number of rotatable bonds is 9. The molecule has 8 nitrogen and oxygen atoms in total. The zero-order valence-corrected chi connectivity index (χ0v) is 21.6. The molecule has 2 N–H and O–H groups in total. The average molecular weight is 517 g/mol. The Kier molecular flexibility index (Phi) is 8.63. The standard InChI is InChI=1S/C30H32N2O6/c1-37-24-15-13-22(14-16-24)21-11-9-20(10-12-21)18-26(30(35)36)31-28(33)23-6-5-17-32(19-23)29(34)25-7-3-4-8-27(25)38-2/h3-4,7-16,23,26H,5-6,17-19H2,1-2H3,(H,31,33)(H,35,36)/t23?,26-/m0/s1. The molecule has 3 aromatic rings. The van der Waals surface area contributed by atoms with E-state index in [1.165, 1.54) is 7.11 Å². The molecule has 4 rings (SSSR count). The first-order chi connectivity index (χ1) is 18.4. The van der Waals surface area contributed by atoms with Gasteiger partial charge in [0.1, 0.15) is 17.5 Å². The summed E-state index contributed by atoms with van der Waals surface area (Å²) in [5.74, 6) is -0.891. The number of carbonyl (C=O) groups is 3. The quantitative estimate of drug-likeness (QED) is 0.445. The molecule has 2 atom stereocenters. The highest BCUT2D eigenvalue weighted by Gasteiger charge is 2.32. The van der Waals surface area contributed by atoms with Gasteiger partial charge in [-0.3, -0.25) is 9.59 Å². The zero-order valence-electron chi connectivity index (χ0n) is 21.6. The van der Waals surface area contributed by atoms with Crippen LogP contribution in [0.5, 0.6) is 11.5 Å². The van der Waals surface area contributed by atoms with Crippen molar-refractivity contribution >= 4 is 17.8 Å². The van der Waals surface area contributed by atoms with Gasteiger partial charge in [0.25, 0.3) is 5.91 Å². The summed E-state index contributed by atoms with van der Waals surface area (Å²) < 4.78 is 10.5. The minimum atomic E-state index is -1.10. The van der Waals surface area contributed by atoms with Crippen LogP contribution in [0, 0.1) is 5.92 Å². The second kappa shape index (κ2) is 12.3. The van der Waals surface area contributed by atoms with Gasteiger partial charge in [-0.05, 0) is 53.8 Å². The summed E-state index contributed by atoms with van der Waals surface area (Å²) in [6, 6.07) is 21.2. The molecule has 8 heteroatoms. The largest absolute Gasteiger partial charge is 0.497 e. The molecule has 198 valence electrons. The normalized spacial score (nSPS) is 15.8. The lowest BCUT2D eigenvalue weighted by atomic mass is 9.95. The number of piperidine rings is 1. The summed E-state index contributed by atoms with van der Waals surface area (Å²) in [7, 11) is 3.13. The molecule has 0 aromatic heterocycles. The molecule has 2 amide bonds. The Morgan fingerprint density at radius 1 is 0.947 bits per heavy atom. The molecule has 0 bridgehead atoms. The summed E-state index contributed by atoms with van der Waals surface area (Å²) in [5.41, 5.74) is 3.25. The number of aliphatic carboxylic acids is 1. The minimum absolute atomic E-state index is 0.153. The number of carboxylic acids is 1. The molecule has 3 aromatic carbocycles. The first kappa shape index (κ1) is 26.7. The molecule has 0 radical (unpaired) electrons. The fourth-order valence-electron chi connectivity index (χ4n) is 4.71. The lowest BCUT2D eigenvalue weighted by Gasteiger charge is -2.33. The second-order valence-corrected chi connectivity index (χ2v) is 9.32. The molecule has 0 spiro atoms. The second-order valence-electron chi connectivity index (χ2n) is 9.32. The van der Waals surface area contributed by atoms with E-state index in [1.807, 2.05) is 48.5 Å². The van der Waals surface area contributed by atoms with Crippen LogP contribution in [0.25, 0.3) is 11.1 Å². The van der Waals surface area contributed by atoms with E-state index >= 15 is 0 Å². The number of likely N-dealkylation sites (tertiary alicyclic amines) is 1. The van der Waals surface area contributed by atoms with Crippen LogP contribution in [0.3, 0.4) is 0 Å². The van der Waals surface area contributed by atoms with Gasteiger partial charge in [-0.15, -0.1) is 0 Å². The average Bonchev–Trinajstić information content (AvgIpc) is 2.96. The van der Waals surface area contributed by atoms with Crippen LogP contribution in [-0.2, 0) is 16.0 Å². The number of hydrogen-bond donors (Lipinski definition) is 2. The number of methoxy groups -OCH3 is 2. The van der Waals surface area contributed by atoms with Gasteiger partial charge in [0, 0.05) is 19.5 Å². The van der Waals surface area contributed by atoms with Gasteiger partial charge in [-0.25, -0.2) is 4.79 Å². The molecule has 1 aliphatic heterocycles. The summed E-state index contributed by atoms with van der Waals surface area (Å²) in [6.45, 7) is 0.759. The van der Waals surface area contributed by atoms with Gasteiger partial charge in [0.15, 0.2) is 0 Å². The van der Waals surface area contributed by atoms with Crippen LogP contribution in [-0.4, -0.2) is 61.1 Å². The number of benzene rings is 3. The Labute approximate surface area is 222 Å². The van der Waals surface area contributed by atoms with Gasteiger partial charge in [0.05, 0.1) is 25.7 Å². The van der Waals surface area contributed by atoms with Crippen molar-refractivity contribution in [2.45, 2.75) is 25.3 Å². The third-order valence-electron chi connectivity index (χ3n) is 6.85. The highest BCUT2D eigenvalue weighted by molar-refractivity contribution is 5.97. The van der Waals surface area contributed by atoms with E-state index in [0.717, 1.165) is 22.4 Å². The molecular weight excluding hydrogens is 484 g/mol. The number of ether oxygens (including phenoxy) is 2. The maximum atomic E-state index is 13.1. The van der Waals surface area contributed by atoms with Crippen LogP contribution < -0.4 is 14.8 Å². The van der Waals surface area contributed by atoms with Crippen molar-refractivity contribution < 1.29 is 29.0 Å². The van der Waals surface area contributed by atoms with Gasteiger partial charge < -0.3 is 24.8 Å². The number of para-hydroxylation sites is 1. The molecule has 1 fully saturated rings. The van der Waals surface area contributed by atoms with Gasteiger partial charge in [-0.2, -0.15) is 0 Å². The Hall–Kier alpha value is -4.33. The van der Waals surface area contributed by atoms with E-state index in [0.29, 0.717) is 30.7 Å². The smallest absolute Gasteiger partial charge is 0.326 e. The highest BCUT2D eigenvalue weighted by Crippen LogP contribution is 2.25. The topological polar surface area (TPSA) is 105 Å². The summed E-state index contributed by atoms with van der Waals surface area (Å²) in [6.07, 6.45) is 1.40. The Morgan fingerprint density at radius 2 is 1.61 bits per heavy atom. The van der Waals surface area contributed by atoms with E-state index in [-0.39, 0.29) is 24.8 Å². The third-order valence-corrected chi connectivity index (χ3v) is 6.85. The summed E-state index contributed by atoms with van der Waals surface area (Å²) >= 11 is 0. The van der Waals surface area contributed by atoms with E-state index < -0.39 is 17.9 Å². The molecule has 1 heterocycles. The van der Waals surface area contributed by atoms with Crippen LogP contribution in [0.1, 0.15) is 28.8 Å². The predicted molar refractivity (Wildman–Crippen MR) is 143 cm³/mol. The van der Waals surface area contributed by atoms with E-state index in [9.17, 15) is 19.5 Å². The van der Waals surface area contributed by atoms with Crippen LogP contribution >= 0.6 is 0 Å². The number of nitrogens with one attached hydrogen (secondary N) is 1. The lowest BCUT2D eigenvalue weighted by Crippen LogP contribution is -2.50. The van der Waals surface area contributed by atoms with Crippen molar-refractivity contribution in [1.82, 2.24) is 10.2 Å². The molecule has 1 aliphatic rings. The number of amides is 2. The molecule has 1 saturated heterocycles. The van der Waals surface area contributed by atoms with E-state index in [2.05, 4.69) is 5.32 Å². The molecular formula is C30H32N2O6. The van der Waals surface area contributed by atoms with Crippen molar-refractivity contribution in [3.63, 3.8) is 0 Å². The molecule has 1 unspecified atom stereocenters. The van der Waals surface area contributed by atoms with Gasteiger partial charge in [0.2, 0.25) is 5.91 Å². The predicted octanol–water partition coefficient (Wildman–Crippen LogP) is 4.04. The van der Waals surface area contributed by atoms with E-state index in [4.69, 9.17) is 9.47 Å². The molecule has 38 heavy (non-hydrogen) atoms. The molecule has 0 saturated carbocycles. The van der Waals surface area contributed by atoms with Crippen molar-refractivity contribution in [2.75, 3.05) is 27.3 Å². The fourth-order valence-corrected chi connectivity index (χ4v) is 4.71. The maximum absolute atomic E-state index is 13.1. The SMILES string of the molecule is COc1ccc(-c2ccc(C[C@H](NC(=O)C3CCCN(C(=O)c4ccccc4OC)C3)C(=O)O)cc2)cc1. The first-order valence-electron chi connectivity index (χ1n) is 12.6. The molecule has 0 aliphatic carbocycles. The highest BCUT2D eigenvalue weighted by atomic mass is 16.5. The third kappa shape index (κ3) is 6.32. The van der Waals surface area contributed by atoms with Crippen molar-refractivity contribution in [2.24, 2.45) is 5.92 Å². The van der Waals surface area contributed by atoms with Crippen LogP contribution in [0.4, 0.5) is 0 Å². The van der Waals surface area contributed by atoms with Gasteiger partial charge >= 0.3 is 5.97 Å².